The molecule has 29 heavy (non-hydrogen) atoms. The molecular weight excluding hydrogens is 456 g/mol. The van der Waals surface area contributed by atoms with Crippen molar-refractivity contribution in [2.75, 3.05) is 39.3 Å². The molecule has 0 amide bonds. The van der Waals surface area contributed by atoms with E-state index in [9.17, 15) is 13.5 Å². The Labute approximate surface area is 181 Å². The van der Waals surface area contributed by atoms with Crippen molar-refractivity contribution in [3.8, 4) is 5.75 Å². The highest BCUT2D eigenvalue weighted by atomic mass is 79.9. The summed E-state index contributed by atoms with van der Waals surface area (Å²) in [5, 5.41) is 10.3. The third kappa shape index (κ3) is 6.02. The van der Waals surface area contributed by atoms with Gasteiger partial charge in [-0.25, -0.2) is 8.42 Å². The number of aryl methyl sites for hydroxylation is 1. The quantitative estimate of drug-likeness (QED) is 0.626. The van der Waals surface area contributed by atoms with E-state index in [0.717, 1.165) is 16.6 Å². The average molecular weight is 483 g/mol. The van der Waals surface area contributed by atoms with Crippen molar-refractivity contribution in [1.29, 1.82) is 0 Å². The lowest BCUT2D eigenvalue weighted by Gasteiger charge is -2.34. The number of aliphatic hydroxyl groups excluding tert-OH is 1. The molecule has 6 nitrogen and oxygen atoms in total. The van der Waals surface area contributed by atoms with Crippen LogP contribution in [-0.4, -0.2) is 68.2 Å². The van der Waals surface area contributed by atoms with Gasteiger partial charge in [0.25, 0.3) is 0 Å². The van der Waals surface area contributed by atoms with Gasteiger partial charge >= 0.3 is 0 Å². The second kappa shape index (κ2) is 10.0. The summed E-state index contributed by atoms with van der Waals surface area (Å²) in [6.45, 7) is 4.72. The minimum atomic E-state index is -3.50. The molecule has 158 valence electrons. The molecule has 0 aliphatic carbocycles. The topological polar surface area (TPSA) is 70.1 Å². The van der Waals surface area contributed by atoms with Gasteiger partial charge in [-0.1, -0.05) is 41.1 Å². The van der Waals surface area contributed by atoms with Crippen molar-refractivity contribution in [3.05, 3.63) is 58.6 Å². The van der Waals surface area contributed by atoms with E-state index in [4.69, 9.17) is 4.74 Å². The summed E-state index contributed by atoms with van der Waals surface area (Å²) in [7, 11) is -3.50. The van der Waals surface area contributed by atoms with Gasteiger partial charge in [0, 0.05) is 37.2 Å². The highest BCUT2D eigenvalue weighted by Crippen LogP contribution is 2.21. The lowest BCUT2D eigenvalue weighted by molar-refractivity contribution is 0.0569. The van der Waals surface area contributed by atoms with Crippen molar-refractivity contribution < 1.29 is 18.3 Å². The molecule has 3 rings (SSSR count). The Balaban J connectivity index is 1.48. The number of nitrogens with zero attached hydrogens (tertiary/aromatic N) is 2. The number of piperazine rings is 1. The lowest BCUT2D eigenvalue weighted by atomic mass is 10.2. The number of hydrogen-bond donors (Lipinski definition) is 1. The fourth-order valence-corrected chi connectivity index (χ4v) is 5.35. The van der Waals surface area contributed by atoms with E-state index in [1.165, 1.54) is 9.87 Å². The first-order valence-electron chi connectivity index (χ1n) is 9.76. The molecule has 0 aromatic heterocycles. The van der Waals surface area contributed by atoms with E-state index >= 15 is 0 Å². The molecule has 1 heterocycles. The second-order valence-electron chi connectivity index (χ2n) is 7.13. The van der Waals surface area contributed by atoms with E-state index in [0.29, 0.717) is 37.6 Å². The van der Waals surface area contributed by atoms with Gasteiger partial charge in [0.15, 0.2) is 0 Å². The molecule has 0 radical (unpaired) electrons. The van der Waals surface area contributed by atoms with Gasteiger partial charge in [0.1, 0.15) is 18.5 Å². The van der Waals surface area contributed by atoms with E-state index in [1.54, 1.807) is 24.3 Å². The maximum absolute atomic E-state index is 12.8. The maximum Gasteiger partial charge on any atom is 0.243 e. The van der Waals surface area contributed by atoms with Gasteiger partial charge in [0.05, 0.1) is 4.90 Å². The first-order chi connectivity index (χ1) is 13.9. The highest BCUT2D eigenvalue weighted by molar-refractivity contribution is 9.10. The summed E-state index contributed by atoms with van der Waals surface area (Å²) in [6, 6.07) is 14.6. The molecular formula is C21H27BrN2O4S. The van der Waals surface area contributed by atoms with Crippen LogP contribution in [0.3, 0.4) is 0 Å². The molecule has 0 saturated carbocycles. The number of halogens is 1. The standard InChI is InChI=1S/C21H27BrN2O4S/c1-2-17-5-3-7-20(13-17)28-16-19(25)15-23-9-11-24(12-10-23)29(26,27)21-8-4-6-18(22)14-21/h3-8,13-14,19,25H,2,9-12,15-16H2,1H3. The minimum absolute atomic E-state index is 0.212. The number of benzene rings is 2. The second-order valence-corrected chi connectivity index (χ2v) is 9.98. The van der Waals surface area contributed by atoms with E-state index in [-0.39, 0.29) is 6.61 Å². The number of sulfonamides is 1. The first kappa shape index (κ1) is 22.2. The molecule has 2 aromatic rings. The summed E-state index contributed by atoms with van der Waals surface area (Å²) >= 11 is 3.32. The zero-order chi connectivity index (χ0) is 20.9. The van der Waals surface area contributed by atoms with Gasteiger partial charge in [0.2, 0.25) is 10.0 Å². The van der Waals surface area contributed by atoms with Gasteiger partial charge in [-0.15, -0.1) is 0 Å². The summed E-state index contributed by atoms with van der Waals surface area (Å²) in [5.74, 6) is 0.758. The van der Waals surface area contributed by atoms with Crippen LogP contribution in [0.25, 0.3) is 0 Å². The third-order valence-corrected chi connectivity index (χ3v) is 7.37. The van der Waals surface area contributed by atoms with Gasteiger partial charge in [-0.2, -0.15) is 4.31 Å². The maximum atomic E-state index is 12.8. The summed E-state index contributed by atoms with van der Waals surface area (Å²) in [4.78, 5) is 2.37. The number of β-amino-alcohol motifs (C(OH)–C–C–N with tert-alkyl or cyclic N) is 1. The third-order valence-electron chi connectivity index (χ3n) is 4.98. The molecule has 0 spiro atoms. The number of rotatable bonds is 8. The number of hydrogen-bond acceptors (Lipinski definition) is 5. The number of ether oxygens (including phenoxy) is 1. The SMILES string of the molecule is CCc1cccc(OCC(O)CN2CCN(S(=O)(=O)c3cccc(Br)c3)CC2)c1. The average Bonchev–Trinajstić information content (AvgIpc) is 2.73. The molecule has 8 heteroatoms. The molecule has 1 saturated heterocycles. The molecule has 0 bridgehead atoms. The molecule has 1 atom stereocenters. The Morgan fingerprint density at radius 1 is 1.10 bits per heavy atom. The van der Waals surface area contributed by atoms with Crippen LogP contribution in [0, 0.1) is 0 Å². The van der Waals surface area contributed by atoms with Crippen LogP contribution < -0.4 is 4.74 Å². The summed E-state index contributed by atoms with van der Waals surface area (Å²) < 4.78 is 33.5. The zero-order valence-electron chi connectivity index (χ0n) is 16.5. The Kier molecular flexibility index (Phi) is 7.70. The van der Waals surface area contributed by atoms with E-state index in [2.05, 4.69) is 27.8 Å². The van der Waals surface area contributed by atoms with Crippen LogP contribution in [0.2, 0.25) is 0 Å². The summed E-state index contributed by atoms with van der Waals surface area (Å²) in [5.41, 5.74) is 1.19. The van der Waals surface area contributed by atoms with E-state index < -0.39 is 16.1 Å². The number of aliphatic hydroxyl groups is 1. The van der Waals surface area contributed by atoms with Crippen LogP contribution in [0.1, 0.15) is 12.5 Å². The molecule has 1 aliphatic heterocycles. The zero-order valence-corrected chi connectivity index (χ0v) is 18.9. The fraction of sp³-hybridized carbons (Fsp3) is 0.429. The fourth-order valence-electron chi connectivity index (χ4n) is 3.33. The predicted octanol–water partition coefficient (Wildman–Crippen LogP) is 2.76. The van der Waals surface area contributed by atoms with Crippen molar-refractivity contribution in [3.63, 3.8) is 0 Å². The summed E-state index contributed by atoms with van der Waals surface area (Å²) in [6.07, 6.45) is 0.306. The van der Waals surface area contributed by atoms with Crippen LogP contribution >= 0.6 is 15.9 Å². The lowest BCUT2D eigenvalue weighted by Crippen LogP contribution is -2.50. The molecule has 2 aromatic carbocycles. The highest BCUT2D eigenvalue weighted by Gasteiger charge is 2.29. The Hall–Kier alpha value is -1.45. The van der Waals surface area contributed by atoms with Crippen LogP contribution in [0.15, 0.2) is 57.9 Å². The van der Waals surface area contributed by atoms with Gasteiger partial charge in [-0.3, -0.25) is 4.90 Å². The van der Waals surface area contributed by atoms with Crippen molar-refractivity contribution in [2.24, 2.45) is 0 Å². The Bertz CT molecular complexity index is 914. The monoisotopic (exact) mass is 482 g/mol. The van der Waals surface area contributed by atoms with Crippen LogP contribution in [0.4, 0.5) is 0 Å². The predicted molar refractivity (Wildman–Crippen MR) is 117 cm³/mol. The molecule has 1 aliphatic rings. The van der Waals surface area contributed by atoms with Crippen molar-refractivity contribution in [1.82, 2.24) is 9.21 Å². The molecule has 1 fully saturated rings. The van der Waals surface area contributed by atoms with Crippen LogP contribution in [0.5, 0.6) is 5.75 Å². The minimum Gasteiger partial charge on any atom is -0.491 e. The Morgan fingerprint density at radius 3 is 2.52 bits per heavy atom. The largest absolute Gasteiger partial charge is 0.491 e. The van der Waals surface area contributed by atoms with Crippen molar-refractivity contribution >= 4 is 26.0 Å². The smallest absolute Gasteiger partial charge is 0.243 e. The molecule has 1 unspecified atom stereocenters. The first-order valence-corrected chi connectivity index (χ1v) is 12.0. The van der Waals surface area contributed by atoms with Crippen molar-refractivity contribution in [2.45, 2.75) is 24.3 Å². The van der Waals surface area contributed by atoms with Crippen LogP contribution in [-0.2, 0) is 16.4 Å². The normalized spacial score (nSPS) is 17.2. The van der Waals surface area contributed by atoms with E-state index in [1.807, 2.05) is 24.3 Å². The Morgan fingerprint density at radius 2 is 1.83 bits per heavy atom. The molecule has 1 N–H and O–H groups in total. The van der Waals surface area contributed by atoms with Gasteiger partial charge < -0.3 is 9.84 Å². The van der Waals surface area contributed by atoms with Gasteiger partial charge in [-0.05, 0) is 42.3 Å².